The minimum Gasteiger partial charge on any atom is -0.496 e. The summed E-state index contributed by atoms with van der Waals surface area (Å²) in [6, 6.07) is 15.3. The molecule has 5 nitrogen and oxygen atoms in total. The van der Waals surface area contributed by atoms with Crippen LogP contribution >= 0.6 is 0 Å². The zero-order valence-electron chi connectivity index (χ0n) is 16.4. The molecule has 0 spiro atoms. The molecule has 5 heteroatoms. The maximum absolute atomic E-state index is 12.6. The SMILES string of the molecule is COc1ccccc1CCC(=O)NCc1cccc(C(=O)N2CCCCC2)c1. The van der Waals surface area contributed by atoms with Gasteiger partial charge in [0.25, 0.3) is 5.91 Å². The van der Waals surface area contributed by atoms with Gasteiger partial charge >= 0.3 is 0 Å². The van der Waals surface area contributed by atoms with Crippen molar-refractivity contribution in [2.45, 2.75) is 38.6 Å². The minimum atomic E-state index is -0.0151. The lowest BCUT2D eigenvalue weighted by Gasteiger charge is -2.26. The highest BCUT2D eigenvalue weighted by Gasteiger charge is 2.18. The highest BCUT2D eigenvalue weighted by molar-refractivity contribution is 5.94. The Balaban J connectivity index is 1.51. The lowest BCUT2D eigenvalue weighted by Crippen LogP contribution is -2.35. The average Bonchev–Trinajstić information content (AvgIpc) is 2.76. The van der Waals surface area contributed by atoms with E-state index in [0.29, 0.717) is 24.9 Å². The minimum absolute atomic E-state index is 0.0151. The molecular formula is C23H28N2O3. The van der Waals surface area contributed by atoms with E-state index in [1.54, 1.807) is 7.11 Å². The Morgan fingerprint density at radius 3 is 2.61 bits per heavy atom. The summed E-state index contributed by atoms with van der Waals surface area (Å²) < 4.78 is 5.32. The van der Waals surface area contributed by atoms with Crippen LogP contribution in [0.5, 0.6) is 5.75 Å². The van der Waals surface area contributed by atoms with E-state index in [2.05, 4.69) is 5.32 Å². The molecule has 2 aromatic carbocycles. The first kappa shape index (κ1) is 19.9. The topological polar surface area (TPSA) is 58.6 Å². The van der Waals surface area contributed by atoms with E-state index >= 15 is 0 Å². The quantitative estimate of drug-likeness (QED) is 0.799. The summed E-state index contributed by atoms with van der Waals surface area (Å²) in [7, 11) is 1.64. The zero-order chi connectivity index (χ0) is 19.8. The van der Waals surface area contributed by atoms with Crippen molar-refractivity contribution < 1.29 is 14.3 Å². The lowest BCUT2D eigenvalue weighted by atomic mass is 10.1. The second-order valence-electron chi connectivity index (χ2n) is 7.14. The Bertz CT molecular complexity index is 813. The molecule has 0 aliphatic carbocycles. The van der Waals surface area contributed by atoms with Gasteiger partial charge in [0.15, 0.2) is 0 Å². The molecule has 0 aromatic heterocycles. The molecule has 0 radical (unpaired) electrons. The summed E-state index contributed by atoms with van der Waals surface area (Å²) in [5, 5.41) is 2.95. The Morgan fingerprint density at radius 2 is 1.82 bits per heavy atom. The number of likely N-dealkylation sites (tertiary alicyclic amines) is 1. The van der Waals surface area contributed by atoms with E-state index in [4.69, 9.17) is 4.74 Å². The number of ether oxygens (including phenoxy) is 1. The van der Waals surface area contributed by atoms with Gasteiger partial charge in [-0.1, -0.05) is 30.3 Å². The third kappa shape index (κ3) is 5.35. The molecule has 2 aromatic rings. The molecule has 2 amide bonds. The van der Waals surface area contributed by atoms with Crippen LogP contribution in [-0.2, 0) is 17.8 Å². The molecule has 0 unspecified atom stereocenters. The predicted molar refractivity (Wildman–Crippen MR) is 109 cm³/mol. The summed E-state index contributed by atoms with van der Waals surface area (Å²) in [6.45, 7) is 2.09. The smallest absolute Gasteiger partial charge is 0.253 e. The molecule has 1 saturated heterocycles. The third-order valence-corrected chi connectivity index (χ3v) is 5.12. The van der Waals surface area contributed by atoms with E-state index in [9.17, 15) is 9.59 Å². The highest BCUT2D eigenvalue weighted by Crippen LogP contribution is 2.19. The molecule has 1 aliphatic heterocycles. The Kier molecular flexibility index (Phi) is 7.06. The van der Waals surface area contributed by atoms with E-state index in [0.717, 1.165) is 42.8 Å². The normalized spacial score (nSPS) is 13.8. The number of aryl methyl sites for hydroxylation is 1. The largest absolute Gasteiger partial charge is 0.496 e. The first-order valence-electron chi connectivity index (χ1n) is 9.94. The summed E-state index contributed by atoms with van der Waals surface area (Å²) in [4.78, 5) is 26.8. The first-order valence-corrected chi connectivity index (χ1v) is 9.94. The summed E-state index contributed by atoms with van der Waals surface area (Å²) in [5.74, 6) is 0.877. The average molecular weight is 380 g/mol. The van der Waals surface area contributed by atoms with Crippen LogP contribution in [0.25, 0.3) is 0 Å². The van der Waals surface area contributed by atoms with Crippen molar-refractivity contribution in [1.82, 2.24) is 10.2 Å². The third-order valence-electron chi connectivity index (χ3n) is 5.12. The number of carbonyl (C=O) groups excluding carboxylic acids is 2. The monoisotopic (exact) mass is 380 g/mol. The maximum atomic E-state index is 12.6. The summed E-state index contributed by atoms with van der Waals surface area (Å²) in [6.07, 6.45) is 4.38. The van der Waals surface area contributed by atoms with Crippen LogP contribution < -0.4 is 10.1 Å². The van der Waals surface area contributed by atoms with Gasteiger partial charge in [-0.3, -0.25) is 9.59 Å². The molecule has 0 bridgehead atoms. The summed E-state index contributed by atoms with van der Waals surface area (Å²) >= 11 is 0. The van der Waals surface area contributed by atoms with E-state index in [1.165, 1.54) is 6.42 Å². The van der Waals surface area contributed by atoms with Crippen LogP contribution in [0.4, 0.5) is 0 Å². The predicted octanol–water partition coefficient (Wildman–Crippen LogP) is 3.57. The van der Waals surface area contributed by atoms with E-state index in [1.807, 2.05) is 53.4 Å². The molecule has 1 fully saturated rings. The van der Waals surface area contributed by atoms with Gasteiger partial charge in [-0.2, -0.15) is 0 Å². The molecule has 1 N–H and O–H groups in total. The van der Waals surface area contributed by atoms with E-state index in [-0.39, 0.29) is 11.8 Å². The van der Waals surface area contributed by atoms with Crippen LogP contribution in [0.2, 0.25) is 0 Å². The Hall–Kier alpha value is -2.82. The fraction of sp³-hybridized carbons (Fsp3) is 0.391. The van der Waals surface area contributed by atoms with Crippen LogP contribution in [0.3, 0.4) is 0 Å². The van der Waals surface area contributed by atoms with E-state index < -0.39 is 0 Å². The van der Waals surface area contributed by atoms with Gasteiger partial charge in [-0.05, 0) is 55.0 Å². The number of nitrogens with one attached hydrogen (secondary N) is 1. The maximum Gasteiger partial charge on any atom is 0.253 e. The lowest BCUT2D eigenvalue weighted by molar-refractivity contribution is -0.121. The van der Waals surface area contributed by atoms with Crippen molar-refractivity contribution in [3.05, 3.63) is 65.2 Å². The second-order valence-corrected chi connectivity index (χ2v) is 7.14. The summed E-state index contributed by atoms with van der Waals surface area (Å²) in [5.41, 5.74) is 2.66. The van der Waals surface area contributed by atoms with Crippen molar-refractivity contribution in [3.63, 3.8) is 0 Å². The van der Waals surface area contributed by atoms with Gasteiger partial charge in [-0.25, -0.2) is 0 Å². The number of hydrogen-bond donors (Lipinski definition) is 1. The van der Waals surface area contributed by atoms with Crippen molar-refractivity contribution >= 4 is 11.8 Å². The molecule has 148 valence electrons. The van der Waals surface area contributed by atoms with Gasteiger partial charge in [0, 0.05) is 31.6 Å². The number of para-hydroxylation sites is 1. The number of hydrogen-bond acceptors (Lipinski definition) is 3. The Morgan fingerprint density at radius 1 is 1.04 bits per heavy atom. The van der Waals surface area contributed by atoms with Crippen LogP contribution in [0.1, 0.15) is 47.2 Å². The fourth-order valence-electron chi connectivity index (χ4n) is 3.54. The van der Waals surface area contributed by atoms with Crippen molar-refractivity contribution in [2.24, 2.45) is 0 Å². The first-order chi connectivity index (χ1) is 13.7. The van der Waals surface area contributed by atoms with Crippen LogP contribution in [0, 0.1) is 0 Å². The number of benzene rings is 2. The molecule has 3 rings (SSSR count). The number of amides is 2. The van der Waals surface area contributed by atoms with Gasteiger partial charge in [0.1, 0.15) is 5.75 Å². The van der Waals surface area contributed by atoms with Crippen LogP contribution in [0.15, 0.2) is 48.5 Å². The van der Waals surface area contributed by atoms with Crippen molar-refractivity contribution in [2.75, 3.05) is 20.2 Å². The van der Waals surface area contributed by atoms with Gasteiger partial charge in [0.2, 0.25) is 5.91 Å². The number of nitrogens with zero attached hydrogens (tertiary/aromatic N) is 1. The fourth-order valence-corrected chi connectivity index (χ4v) is 3.54. The standard InChI is InChI=1S/C23H28N2O3/c1-28-21-11-4-3-9-19(21)12-13-22(26)24-17-18-8-7-10-20(16-18)23(27)25-14-5-2-6-15-25/h3-4,7-11,16H,2,5-6,12-15,17H2,1H3,(H,24,26). The van der Waals surface area contributed by atoms with Crippen molar-refractivity contribution in [3.8, 4) is 5.75 Å². The number of piperidine rings is 1. The van der Waals surface area contributed by atoms with Gasteiger partial charge < -0.3 is 15.0 Å². The highest BCUT2D eigenvalue weighted by atomic mass is 16.5. The van der Waals surface area contributed by atoms with Crippen molar-refractivity contribution in [1.29, 1.82) is 0 Å². The second kappa shape index (κ2) is 9.93. The van der Waals surface area contributed by atoms with Gasteiger partial charge in [-0.15, -0.1) is 0 Å². The molecule has 0 atom stereocenters. The number of rotatable bonds is 7. The molecule has 1 heterocycles. The molecule has 28 heavy (non-hydrogen) atoms. The zero-order valence-corrected chi connectivity index (χ0v) is 16.4. The molecular weight excluding hydrogens is 352 g/mol. The number of carbonyl (C=O) groups is 2. The number of methoxy groups -OCH3 is 1. The Labute approximate surface area is 166 Å². The molecule has 0 saturated carbocycles. The molecule has 1 aliphatic rings. The van der Waals surface area contributed by atoms with Gasteiger partial charge in [0.05, 0.1) is 7.11 Å². The van der Waals surface area contributed by atoms with Crippen LogP contribution in [-0.4, -0.2) is 36.9 Å².